The van der Waals surface area contributed by atoms with Crippen LogP contribution in [0.15, 0.2) is 48.0 Å². The Morgan fingerprint density at radius 3 is 2.52 bits per heavy atom. The molecule has 0 aliphatic carbocycles. The normalized spacial score (nSPS) is 10.7. The molecule has 0 atom stereocenters. The monoisotopic (exact) mass is 337 g/mol. The highest BCUT2D eigenvalue weighted by atomic mass is 16.6. The molecule has 0 aromatic heterocycles. The van der Waals surface area contributed by atoms with Gasteiger partial charge in [-0.25, -0.2) is 0 Å². The molecule has 1 N–H and O–H groups in total. The Hall–Kier alpha value is -3.66. The number of nitrogens with zero attached hydrogens (tertiary/aromatic N) is 2. The molecule has 0 heterocycles. The number of methoxy groups -OCH3 is 1. The van der Waals surface area contributed by atoms with Gasteiger partial charge >= 0.3 is 5.69 Å². The highest BCUT2D eigenvalue weighted by molar-refractivity contribution is 6.09. The van der Waals surface area contributed by atoms with Crippen molar-refractivity contribution in [3.05, 3.63) is 69.3 Å². The summed E-state index contributed by atoms with van der Waals surface area (Å²) < 4.78 is 4.92. The molecule has 25 heavy (non-hydrogen) atoms. The van der Waals surface area contributed by atoms with Gasteiger partial charge in [0.25, 0.3) is 5.91 Å². The van der Waals surface area contributed by atoms with E-state index in [-0.39, 0.29) is 17.0 Å². The van der Waals surface area contributed by atoms with E-state index in [1.165, 1.54) is 31.4 Å². The van der Waals surface area contributed by atoms with E-state index in [1.807, 2.05) is 25.1 Å². The van der Waals surface area contributed by atoms with Crippen LogP contribution < -0.4 is 10.1 Å². The lowest BCUT2D eigenvalue weighted by Gasteiger charge is -2.05. The Morgan fingerprint density at radius 1 is 1.28 bits per heavy atom. The first-order valence-electron chi connectivity index (χ1n) is 7.27. The van der Waals surface area contributed by atoms with Gasteiger partial charge in [-0.1, -0.05) is 23.8 Å². The molecule has 0 aliphatic heterocycles. The van der Waals surface area contributed by atoms with Gasteiger partial charge in [-0.15, -0.1) is 0 Å². The predicted molar refractivity (Wildman–Crippen MR) is 93.0 cm³/mol. The van der Waals surface area contributed by atoms with E-state index in [9.17, 15) is 20.2 Å². The molecule has 126 valence electrons. The standard InChI is InChI=1S/C18H15N3O4/c1-12-3-6-15(7-4-12)20-18(22)14(11-19)9-13-5-8-17(25-2)16(10-13)21(23)24/h3-10H,1-2H3,(H,20,22)/b14-9-. The summed E-state index contributed by atoms with van der Waals surface area (Å²) in [4.78, 5) is 22.7. The van der Waals surface area contributed by atoms with Crippen molar-refractivity contribution >= 4 is 23.4 Å². The fourth-order valence-electron chi connectivity index (χ4n) is 2.09. The van der Waals surface area contributed by atoms with Crippen LogP contribution in [0.3, 0.4) is 0 Å². The molecule has 0 saturated heterocycles. The molecule has 2 rings (SSSR count). The third-order valence-electron chi connectivity index (χ3n) is 3.39. The van der Waals surface area contributed by atoms with Gasteiger partial charge in [-0.2, -0.15) is 5.26 Å². The van der Waals surface area contributed by atoms with Crippen molar-refractivity contribution in [1.82, 2.24) is 0 Å². The number of benzene rings is 2. The molecule has 0 aliphatic rings. The van der Waals surface area contributed by atoms with Gasteiger partial charge < -0.3 is 10.1 Å². The number of hydrogen-bond donors (Lipinski definition) is 1. The molecule has 7 heteroatoms. The van der Waals surface area contributed by atoms with E-state index < -0.39 is 10.8 Å². The smallest absolute Gasteiger partial charge is 0.311 e. The summed E-state index contributed by atoms with van der Waals surface area (Å²) in [5, 5.41) is 22.9. The van der Waals surface area contributed by atoms with Crippen LogP contribution in [0.1, 0.15) is 11.1 Å². The average molecular weight is 337 g/mol. The van der Waals surface area contributed by atoms with Crippen LogP contribution >= 0.6 is 0 Å². The summed E-state index contributed by atoms with van der Waals surface area (Å²) in [5.74, 6) is -0.491. The van der Waals surface area contributed by atoms with Crippen molar-refractivity contribution in [1.29, 1.82) is 5.26 Å². The third kappa shape index (κ3) is 4.42. The van der Waals surface area contributed by atoms with E-state index in [1.54, 1.807) is 12.1 Å². The number of aryl methyl sites for hydroxylation is 1. The number of carbonyl (C=O) groups is 1. The number of anilines is 1. The van der Waals surface area contributed by atoms with Crippen molar-refractivity contribution in [2.24, 2.45) is 0 Å². The Kier molecular flexibility index (Phi) is 5.48. The first-order valence-corrected chi connectivity index (χ1v) is 7.27. The highest BCUT2D eigenvalue weighted by Crippen LogP contribution is 2.28. The Bertz CT molecular complexity index is 880. The number of nitro benzene ring substituents is 1. The van der Waals surface area contributed by atoms with E-state index in [0.717, 1.165) is 5.56 Å². The van der Waals surface area contributed by atoms with Crippen LogP contribution in [0.2, 0.25) is 0 Å². The summed E-state index contributed by atoms with van der Waals surface area (Å²) in [6.45, 7) is 1.92. The van der Waals surface area contributed by atoms with Gasteiger partial charge in [-0.05, 0) is 36.8 Å². The first-order chi connectivity index (χ1) is 11.9. The molecule has 0 saturated carbocycles. The van der Waals surface area contributed by atoms with Crippen LogP contribution in [-0.4, -0.2) is 17.9 Å². The molecule has 0 fully saturated rings. The Balaban J connectivity index is 2.29. The van der Waals surface area contributed by atoms with Gasteiger partial charge in [0.05, 0.1) is 12.0 Å². The second-order valence-electron chi connectivity index (χ2n) is 5.18. The summed E-state index contributed by atoms with van der Waals surface area (Å²) >= 11 is 0. The lowest BCUT2D eigenvalue weighted by atomic mass is 10.1. The number of ether oxygens (including phenoxy) is 1. The zero-order chi connectivity index (χ0) is 18.4. The van der Waals surface area contributed by atoms with Crippen LogP contribution in [0, 0.1) is 28.4 Å². The van der Waals surface area contributed by atoms with Crippen LogP contribution in [0.25, 0.3) is 6.08 Å². The maximum atomic E-state index is 12.2. The molecular formula is C18H15N3O4. The molecule has 7 nitrogen and oxygen atoms in total. The van der Waals surface area contributed by atoms with Crippen molar-refractivity contribution in [3.8, 4) is 11.8 Å². The molecule has 0 spiro atoms. The molecule has 2 aromatic carbocycles. The molecular weight excluding hydrogens is 322 g/mol. The maximum absolute atomic E-state index is 12.2. The number of hydrogen-bond acceptors (Lipinski definition) is 5. The van der Waals surface area contributed by atoms with Gasteiger partial charge in [0.2, 0.25) is 0 Å². The summed E-state index contributed by atoms with van der Waals surface area (Å²) in [5.41, 5.74) is 1.53. The van der Waals surface area contributed by atoms with Crippen LogP contribution in [0.4, 0.5) is 11.4 Å². The van der Waals surface area contributed by atoms with E-state index in [4.69, 9.17) is 4.74 Å². The second-order valence-corrected chi connectivity index (χ2v) is 5.18. The van der Waals surface area contributed by atoms with E-state index >= 15 is 0 Å². The largest absolute Gasteiger partial charge is 0.490 e. The van der Waals surface area contributed by atoms with Gasteiger partial charge in [-0.3, -0.25) is 14.9 Å². The quantitative estimate of drug-likeness (QED) is 0.389. The topological polar surface area (TPSA) is 105 Å². The second kappa shape index (κ2) is 7.75. The lowest BCUT2D eigenvalue weighted by molar-refractivity contribution is -0.385. The molecule has 2 aromatic rings. The molecule has 0 bridgehead atoms. The van der Waals surface area contributed by atoms with Crippen molar-refractivity contribution in [2.45, 2.75) is 6.92 Å². The average Bonchev–Trinajstić information content (AvgIpc) is 2.61. The van der Waals surface area contributed by atoms with Crippen molar-refractivity contribution in [3.63, 3.8) is 0 Å². The fraction of sp³-hybridized carbons (Fsp3) is 0.111. The fourth-order valence-corrected chi connectivity index (χ4v) is 2.09. The number of amides is 1. The third-order valence-corrected chi connectivity index (χ3v) is 3.39. The minimum atomic E-state index is -0.593. The van der Waals surface area contributed by atoms with Crippen LogP contribution in [-0.2, 0) is 4.79 Å². The summed E-state index contributed by atoms with van der Waals surface area (Å²) in [6.07, 6.45) is 1.29. The number of nitrogens with one attached hydrogen (secondary N) is 1. The molecule has 0 unspecified atom stereocenters. The Labute approximate surface area is 144 Å². The van der Waals surface area contributed by atoms with Crippen molar-refractivity contribution < 1.29 is 14.5 Å². The first kappa shape index (κ1) is 17.7. The van der Waals surface area contributed by atoms with E-state index in [0.29, 0.717) is 11.3 Å². The van der Waals surface area contributed by atoms with Crippen LogP contribution in [0.5, 0.6) is 5.75 Å². The van der Waals surface area contributed by atoms with Gasteiger partial charge in [0, 0.05) is 11.8 Å². The predicted octanol–water partition coefficient (Wildman–Crippen LogP) is 3.46. The summed E-state index contributed by atoms with van der Waals surface area (Å²) in [6, 6.07) is 13.1. The maximum Gasteiger partial charge on any atom is 0.311 e. The highest BCUT2D eigenvalue weighted by Gasteiger charge is 2.16. The van der Waals surface area contributed by atoms with Gasteiger partial charge in [0.1, 0.15) is 11.6 Å². The molecule has 0 radical (unpaired) electrons. The number of nitro groups is 1. The summed E-state index contributed by atoms with van der Waals surface area (Å²) in [7, 11) is 1.33. The van der Waals surface area contributed by atoms with Crippen molar-refractivity contribution in [2.75, 3.05) is 12.4 Å². The number of carbonyl (C=O) groups excluding carboxylic acids is 1. The Morgan fingerprint density at radius 2 is 1.96 bits per heavy atom. The SMILES string of the molecule is COc1ccc(/C=C(/C#N)C(=O)Nc2ccc(C)cc2)cc1[N+](=O)[O-]. The van der Waals surface area contributed by atoms with E-state index in [2.05, 4.69) is 5.32 Å². The lowest BCUT2D eigenvalue weighted by Crippen LogP contribution is -2.13. The van der Waals surface area contributed by atoms with Gasteiger partial charge in [0.15, 0.2) is 5.75 Å². The minimum absolute atomic E-state index is 0.102. The zero-order valence-electron chi connectivity index (χ0n) is 13.6. The number of nitriles is 1. The number of rotatable bonds is 5. The zero-order valence-corrected chi connectivity index (χ0v) is 13.6. The molecule has 1 amide bonds. The minimum Gasteiger partial charge on any atom is -0.490 e.